The molecule has 2 aliphatic heterocycles. The fraction of sp³-hybridized carbons (Fsp3) is 0.250. The Morgan fingerprint density at radius 1 is 1.00 bits per heavy atom. The second-order valence-corrected chi connectivity index (χ2v) is 8.47. The average molecular weight is 441 g/mol. The predicted octanol–water partition coefficient (Wildman–Crippen LogP) is 2.76. The highest BCUT2D eigenvalue weighted by atomic mass is 16.1. The number of piperazine rings is 1. The molecule has 1 saturated heterocycles. The van der Waals surface area contributed by atoms with E-state index >= 15 is 0 Å². The molecule has 0 radical (unpaired) electrons. The van der Waals surface area contributed by atoms with E-state index in [2.05, 4.69) is 48.5 Å². The third-order valence-corrected chi connectivity index (χ3v) is 6.43. The normalized spacial score (nSPS) is 16.2. The van der Waals surface area contributed by atoms with Crippen molar-refractivity contribution in [3.63, 3.8) is 0 Å². The van der Waals surface area contributed by atoms with E-state index in [9.17, 15) is 4.79 Å². The largest absolute Gasteiger partial charge is 0.368 e. The second kappa shape index (κ2) is 7.86. The van der Waals surface area contributed by atoms with Gasteiger partial charge in [-0.15, -0.1) is 0 Å². The van der Waals surface area contributed by atoms with Crippen LogP contribution in [0.15, 0.2) is 49.1 Å². The number of H-pyrrole nitrogens is 1. The minimum absolute atomic E-state index is 0.107. The van der Waals surface area contributed by atoms with E-state index < -0.39 is 0 Å². The fourth-order valence-corrected chi connectivity index (χ4v) is 4.58. The molecule has 6 rings (SSSR count). The zero-order valence-corrected chi connectivity index (χ0v) is 18.3. The first kappa shape index (κ1) is 19.7. The number of likely N-dealkylation sites (N-methyl/N-ethyl adjacent to an activating group) is 1. The van der Waals surface area contributed by atoms with Crippen molar-refractivity contribution >= 4 is 34.1 Å². The molecule has 6 heterocycles. The summed E-state index contributed by atoms with van der Waals surface area (Å²) in [5.74, 6) is 0.575. The lowest BCUT2D eigenvalue weighted by Crippen LogP contribution is -2.44. The van der Waals surface area contributed by atoms with Crippen LogP contribution in [-0.2, 0) is 6.54 Å². The van der Waals surface area contributed by atoms with Gasteiger partial charge in [-0.1, -0.05) is 0 Å². The second-order valence-electron chi connectivity index (χ2n) is 8.47. The topological polar surface area (TPSA) is 102 Å². The number of carbonyl (C=O) groups is 1. The molecule has 9 nitrogen and oxygen atoms in total. The summed E-state index contributed by atoms with van der Waals surface area (Å²) in [6, 6.07) is 7.94. The van der Waals surface area contributed by atoms with E-state index in [1.165, 1.54) is 0 Å². The fourth-order valence-electron chi connectivity index (χ4n) is 4.58. The van der Waals surface area contributed by atoms with Gasteiger partial charge in [0.15, 0.2) is 0 Å². The van der Waals surface area contributed by atoms with E-state index in [4.69, 9.17) is 4.98 Å². The van der Waals surface area contributed by atoms with E-state index in [0.29, 0.717) is 23.6 Å². The zero-order valence-electron chi connectivity index (χ0n) is 18.3. The number of carbonyl (C=O) groups excluding carboxylic acids is 1. The van der Waals surface area contributed by atoms with Crippen LogP contribution in [0.1, 0.15) is 15.9 Å². The van der Waals surface area contributed by atoms with Gasteiger partial charge in [0, 0.05) is 61.6 Å². The maximum Gasteiger partial charge on any atom is 0.254 e. The number of anilines is 3. The molecule has 33 heavy (non-hydrogen) atoms. The number of aromatic amines is 1. The number of fused-ring (bicyclic) bond motifs is 2. The summed E-state index contributed by atoms with van der Waals surface area (Å²) in [6.45, 7) is 4.52. The van der Waals surface area contributed by atoms with Gasteiger partial charge in [-0.2, -0.15) is 0 Å². The van der Waals surface area contributed by atoms with Crippen molar-refractivity contribution in [1.29, 1.82) is 0 Å². The molecule has 0 unspecified atom stereocenters. The van der Waals surface area contributed by atoms with Crippen LogP contribution in [0.3, 0.4) is 0 Å². The molecule has 4 aromatic rings. The summed E-state index contributed by atoms with van der Waals surface area (Å²) < 4.78 is 0. The smallest absolute Gasteiger partial charge is 0.254 e. The van der Waals surface area contributed by atoms with E-state index in [1.54, 1.807) is 12.4 Å². The van der Waals surface area contributed by atoms with Gasteiger partial charge in [-0.05, 0) is 31.3 Å². The minimum atomic E-state index is -0.107. The van der Waals surface area contributed by atoms with Crippen LogP contribution in [0.2, 0.25) is 0 Å². The highest BCUT2D eigenvalue weighted by molar-refractivity contribution is 6.06. The maximum absolute atomic E-state index is 12.7. The Kier molecular flexibility index (Phi) is 4.69. The number of amides is 1. The Bertz CT molecular complexity index is 1340. The molecule has 1 fully saturated rings. The highest BCUT2D eigenvalue weighted by Gasteiger charge is 2.28. The Morgan fingerprint density at radius 2 is 1.88 bits per heavy atom. The van der Waals surface area contributed by atoms with E-state index in [-0.39, 0.29) is 5.91 Å². The molecule has 0 saturated carbocycles. The Balaban J connectivity index is 1.31. The third-order valence-electron chi connectivity index (χ3n) is 6.43. The summed E-state index contributed by atoms with van der Waals surface area (Å²) in [5, 5.41) is 7.23. The monoisotopic (exact) mass is 440 g/mol. The van der Waals surface area contributed by atoms with Gasteiger partial charge in [0.25, 0.3) is 5.91 Å². The molecular weight excluding hydrogens is 416 g/mol. The van der Waals surface area contributed by atoms with Gasteiger partial charge in [0.05, 0.1) is 35.0 Å². The Morgan fingerprint density at radius 3 is 2.70 bits per heavy atom. The summed E-state index contributed by atoms with van der Waals surface area (Å²) >= 11 is 0. The molecule has 2 aliphatic rings. The van der Waals surface area contributed by atoms with Gasteiger partial charge in [0.1, 0.15) is 11.5 Å². The lowest BCUT2D eigenvalue weighted by Gasteiger charge is -2.33. The summed E-state index contributed by atoms with van der Waals surface area (Å²) in [4.78, 5) is 34.2. The first-order valence-electron chi connectivity index (χ1n) is 11.1. The van der Waals surface area contributed by atoms with Crippen molar-refractivity contribution in [2.24, 2.45) is 0 Å². The van der Waals surface area contributed by atoms with Gasteiger partial charge < -0.3 is 25.4 Å². The molecule has 0 aromatic carbocycles. The van der Waals surface area contributed by atoms with Crippen LogP contribution >= 0.6 is 0 Å². The number of rotatable bonds is 4. The number of aromatic nitrogens is 4. The lowest BCUT2D eigenvalue weighted by molar-refractivity contribution is 0.0966. The quantitative estimate of drug-likeness (QED) is 0.448. The summed E-state index contributed by atoms with van der Waals surface area (Å²) in [6.07, 6.45) is 7.21. The van der Waals surface area contributed by atoms with Crippen molar-refractivity contribution in [3.8, 4) is 11.3 Å². The summed E-state index contributed by atoms with van der Waals surface area (Å²) in [5.41, 5.74) is 5.81. The molecule has 166 valence electrons. The molecule has 1 amide bonds. The first-order chi connectivity index (χ1) is 16.2. The zero-order chi connectivity index (χ0) is 22.4. The summed E-state index contributed by atoms with van der Waals surface area (Å²) in [7, 11) is 2.14. The predicted molar refractivity (Wildman–Crippen MR) is 128 cm³/mol. The van der Waals surface area contributed by atoms with Gasteiger partial charge in [-0.25, -0.2) is 9.97 Å². The maximum atomic E-state index is 12.7. The molecule has 0 atom stereocenters. The van der Waals surface area contributed by atoms with Crippen molar-refractivity contribution in [3.05, 3.63) is 60.2 Å². The average Bonchev–Trinajstić information content (AvgIpc) is 3.48. The van der Waals surface area contributed by atoms with Crippen LogP contribution in [0, 0.1) is 0 Å². The van der Waals surface area contributed by atoms with Crippen molar-refractivity contribution in [1.82, 2.24) is 30.2 Å². The number of pyridine rings is 3. The lowest BCUT2D eigenvalue weighted by atomic mass is 10.0. The van der Waals surface area contributed by atoms with Crippen molar-refractivity contribution in [2.75, 3.05) is 43.4 Å². The molecular formula is C24H24N8O. The Hall–Kier alpha value is -3.98. The van der Waals surface area contributed by atoms with Crippen molar-refractivity contribution in [2.45, 2.75) is 6.54 Å². The number of nitrogens with zero attached hydrogens (tertiary/aromatic N) is 5. The van der Waals surface area contributed by atoms with Crippen LogP contribution < -0.4 is 15.5 Å². The number of hydrogen-bond donors (Lipinski definition) is 3. The standard InChI is InChI=1S/C24H24N8O/c1-31-8-10-32(11-9-31)15-2-3-20(27-12-15)30-19-14-28-22(18-13-29-24(33)21(18)19)16-4-6-25-23-17(16)5-7-26-23/h2-7,12,14H,8-11,13H2,1H3,(H,25,26)(H,27,30)(H,29,33). The molecule has 3 N–H and O–H groups in total. The van der Waals surface area contributed by atoms with Gasteiger partial charge in [-0.3, -0.25) is 9.78 Å². The first-order valence-corrected chi connectivity index (χ1v) is 11.1. The third kappa shape index (κ3) is 3.46. The SMILES string of the molecule is CN1CCN(c2ccc(Nc3cnc(-c4ccnc5[nH]ccc45)c4c3C(=O)NC4)nc2)CC1. The Labute approximate surface area is 190 Å². The van der Waals surface area contributed by atoms with Gasteiger partial charge in [0.2, 0.25) is 0 Å². The minimum Gasteiger partial charge on any atom is -0.368 e. The van der Waals surface area contributed by atoms with Gasteiger partial charge >= 0.3 is 0 Å². The highest BCUT2D eigenvalue weighted by Crippen LogP contribution is 2.35. The molecule has 0 bridgehead atoms. The van der Waals surface area contributed by atoms with Crippen LogP contribution in [0.25, 0.3) is 22.3 Å². The molecule has 4 aromatic heterocycles. The molecule has 0 spiro atoms. The van der Waals surface area contributed by atoms with Crippen LogP contribution in [-0.4, -0.2) is 64.0 Å². The van der Waals surface area contributed by atoms with E-state index in [0.717, 1.165) is 59.7 Å². The van der Waals surface area contributed by atoms with Crippen LogP contribution in [0.5, 0.6) is 0 Å². The number of hydrogen-bond acceptors (Lipinski definition) is 7. The molecule has 0 aliphatic carbocycles. The van der Waals surface area contributed by atoms with E-state index in [1.807, 2.05) is 30.6 Å². The van der Waals surface area contributed by atoms with Crippen molar-refractivity contribution < 1.29 is 4.79 Å². The number of nitrogens with one attached hydrogen (secondary N) is 3. The van der Waals surface area contributed by atoms with Crippen LogP contribution in [0.4, 0.5) is 17.2 Å². The molecule has 9 heteroatoms.